The zero-order valence-corrected chi connectivity index (χ0v) is 8.17. The van der Waals surface area contributed by atoms with E-state index in [-0.39, 0.29) is 12.6 Å². The van der Waals surface area contributed by atoms with Gasteiger partial charge in [-0.25, -0.2) is 0 Å². The van der Waals surface area contributed by atoms with Crippen LogP contribution in [0.25, 0.3) is 0 Å². The van der Waals surface area contributed by atoms with Gasteiger partial charge in [0.05, 0.1) is 6.61 Å². The van der Waals surface area contributed by atoms with Crippen molar-refractivity contribution in [1.29, 1.82) is 0 Å². The molecule has 4 nitrogen and oxygen atoms in total. The Morgan fingerprint density at radius 1 is 1.77 bits per heavy atom. The minimum absolute atomic E-state index is 0.220. The molecule has 1 fully saturated rings. The first-order chi connectivity index (χ1) is 6.10. The van der Waals surface area contributed by atoms with E-state index < -0.39 is 11.5 Å². The molecule has 0 aromatic carbocycles. The van der Waals surface area contributed by atoms with Gasteiger partial charge in [-0.05, 0) is 13.3 Å². The van der Waals surface area contributed by atoms with E-state index in [1.807, 2.05) is 13.8 Å². The lowest BCUT2D eigenvalue weighted by molar-refractivity contribution is -0.145. The average molecular weight is 187 g/mol. The van der Waals surface area contributed by atoms with Crippen molar-refractivity contribution in [3.63, 3.8) is 0 Å². The number of aliphatic carboxylic acids is 1. The van der Waals surface area contributed by atoms with Crippen LogP contribution in [-0.4, -0.2) is 35.9 Å². The maximum atomic E-state index is 11.0. The second-order valence-corrected chi connectivity index (χ2v) is 3.64. The molecule has 13 heavy (non-hydrogen) atoms. The van der Waals surface area contributed by atoms with Gasteiger partial charge in [0.25, 0.3) is 0 Å². The van der Waals surface area contributed by atoms with Gasteiger partial charge in [0.2, 0.25) is 0 Å². The molecule has 2 atom stereocenters. The van der Waals surface area contributed by atoms with Gasteiger partial charge in [0.1, 0.15) is 5.54 Å². The van der Waals surface area contributed by atoms with E-state index in [2.05, 4.69) is 5.32 Å². The first kappa shape index (κ1) is 10.5. The highest BCUT2D eigenvalue weighted by Crippen LogP contribution is 2.20. The Morgan fingerprint density at radius 3 is 2.85 bits per heavy atom. The standard InChI is InChI=1S/C9H17NO3/c1-3-7(2)10-9(8(11)12)4-5-13-6-9/h7,10H,3-6H2,1-2H3,(H,11,12). The van der Waals surface area contributed by atoms with Crippen molar-refractivity contribution in [1.82, 2.24) is 5.32 Å². The summed E-state index contributed by atoms with van der Waals surface area (Å²) in [6.07, 6.45) is 1.49. The number of rotatable bonds is 4. The zero-order valence-electron chi connectivity index (χ0n) is 8.17. The van der Waals surface area contributed by atoms with Crippen molar-refractivity contribution in [2.45, 2.75) is 38.3 Å². The molecule has 1 aliphatic heterocycles. The molecule has 0 aromatic rings. The van der Waals surface area contributed by atoms with Crippen LogP contribution in [0.15, 0.2) is 0 Å². The van der Waals surface area contributed by atoms with Gasteiger partial charge in [-0.2, -0.15) is 0 Å². The smallest absolute Gasteiger partial charge is 0.326 e. The van der Waals surface area contributed by atoms with Crippen molar-refractivity contribution >= 4 is 5.97 Å². The van der Waals surface area contributed by atoms with Gasteiger partial charge in [0.15, 0.2) is 0 Å². The van der Waals surface area contributed by atoms with Crippen LogP contribution in [0.3, 0.4) is 0 Å². The molecular weight excluding hydrogens is 170 g/mol. The summed E-state index contributed by atoms with van der Waals surface area (Å²) >= 11 is 0. The maximum absolute atomic E-state index is 11.0. The largest absolute Gasteiger partial charge is 0.480 e. The molecule has 0 bridgehead atoms. The zero-order chi connectivity index (χ0) is 9.90. The molecule has 0 spiro atoms. The molecule has 1 saturated heterocycles. The van der Waals surface area contributed by atoms with Gasteiger partial charge >= 0.3 is 5.97 Å². The van der Waals surface area contributed by atoms with Crippen molar-refractivity contribution in [2.75, 3.05) is 13.2 Å². The summed E-state index contributed by atoms with van der Waals surface area (Å²) in [5, 5.41) is 12.2. The highest BCUT2D eigenvalue weighted by atomic mass is 16.5. The average Bonchev–Trinajstić information content (AvgIpc) is 2.54. The summed E-state index contributed by atoms with van der Waals surface area (Å²) < 4.78 is 5.12. The van der Waals surface area contributed by atoms with Gasteiger partial charge in [-0.1, -0.05) is 6.92 Å². The van der Waals surface area contributed by atoms with Crippen LogP contribution in [0.1, 0.15) is 26.7 Å². The summed E-state index contributed by atoms with van der Waals surface area (Å²) in [5.41, 5.74) is -0.838. The number of ether oxygens (including phenoxy) is 1. The van der Waals surface area contributed by atoms with Crippen LogP contribution < -0.4 is 5.32 Å². The SMILES string of the molecule is CCC(C)NC1(C(=O)O)CCOC1. The van der Waals surface area contributed by atoms with Crippen molar-refractivity contribution in [3.8, 4) is 0 Å². The molecule has 0 aliphatic carbocycles. The van der Waals surface area contributed by atoms with Crippen LogP contribution in [-0.2, 0) is 9.53 Å². The molecule has 1 aliphatic rings. The number of nitrogens with one attached hydrogen (secondary N) is 1. The molecule has 0 amide bonds. The Kier molecular flexibility index (Phi) is 3.27. The van der Waals surface area contributed by atoms with Gasteiger partial charge in [0, 0.05) is 19.1 Å². The van der Waals surface area contributed by atoms with Crippen LogP contribution in [0.2, 0.25) is 0 Å². The first-order valence-electron chi connectivity index (χ1n) is 4.69. The topological polar surface area (TPSA) is 58.6 Å². The number of hydrogen-bond acceptors (Lipinski definition) is 3. The lowest BCUT2D eigenvalue weighted by atomic mass is 9.97. The fourth-order valence-corrected chi connectivity index (χ4v) is 1.48. The van der Waals surface area contributed by atoms with Crippen molar-refractivity contribution < 1.29 is 14.6 Å². The number of hydrogen-bond donors (Lipinski definition) is 2. The number of carboxylic acids is 1. The molecule has 76 valence electrons. The minimum atomic E-state index is -0.838. The molecular formula is C9H17NO3. The van der Waals surface area contributed by atoms with E-state index in [0.29, 0.717) is 13.0 Å². The molecule has 2 N–H and O–H groups in total. The third-order valence-electron chi connectivity index (χ3n) is 2.57. The maximum Gasteiger partial charge on any atom is 0.326 e. The summed E-state index contributed by atoms with van der Waals surface area (Å²) in [4.78, 5) is 11.0. The third-order valence-corrected chi connectivity index (χ3v) is 2.57. The van der Waals surface area contributed by atoms with Crippen LogP contribution in [0.5, 0.6) is 0 Å². The quantitative estimate of drug-likeness (QED) is 0.677. The molecule has 2 unspecified atom stereocenters. The molecule has 1 rings (SSSR count). The normalized spacial score (nSPS) is 30.3. The minimum Gasteiger partial charge on any atom is -0.480 e. The van der Waals surface area contributed by atoms with E-state index in [9.17, 15) is 4.79 Å². The molecule has 1 heterocycles. The van der Waals surface area contributed by atoms with E-state index in [1.165, 1.54) is 0 Å². The monoisotopic (exact) mass is 187 g/mol. The van der Waals surface area contributed by atoms with Gasteiger partial charge < -0.3 is 9.84 Å². The van der Waals surface area contributed by atoms with Crippen LogP contribution in [0, 0.1) is 0 Å². The Morgan fingerprint density at radius 2 is 2.46 bits per heavy atom. The molecule has 0 aromatic heterocycles. The molecule has 0 saturated carbocycles. The molecule has 4 heteroatoms. The lowest BCUT2D eigenvalue weighted by Gasteiger charge is -2.27. The third kappa shape index (κ3) is 2.19. The van der Waals surface area contributed by atoms with E-state index in [0.717, 1.165) is 6.42 Å². The van der Waals surface area contributed by atoms with E-state index in [4.69, 9.17) is 9.84 Å². The van der Waals surface area contributed by atoms with Gasteiger partial charge in [-0.3, -0.25) is 10.1 Å². The van der Waals surface area contributed by atoms with Crippen molar-refractivity contribution in [2.24, 2.45) is 0 Å². The van der Waals surface area contributed by atoms with Crippen molar-refractivity contribution in [3.05, 3.63) is 0 Å². The highest BCUT2D eigenvalue weighted by Gasteiger charge is 2.42. The van der Waals surface area contributed by atoms with E-state index >= 15 is 0 Å². The van der Waals surface area contributed by atoms with Gasteiger partial charge in [-0.15, -0.1) is 0 Å². The second kappa shape index (κ2) is 4.07. The summed E-state index contributed by atoms with van der Waals surface area (Å²) in [6.45, 7) is 4.84. The number of carboxylic acid groups (broad SMARTS) is 1. The Labute approximate surface area is 78.3 Å². The Bertz CT molecular complexity index is 187. The highest BCUT2D eigenvalue weighted by molar-refractivity contribution is 5.79. The Balaban J connectivity index is 2.62. The summed E-state index contributed by atoms with van der Waals surface area (Å²) in [7, 11) is 0. The summed E-state index contributed by atoms with van der Waals surface area (Å²) in [6, 6.07) is 0.220. The molecule has 0 radical (unpaired) electrons. The van der Waals surface area contributed by atoms with E-state index in [1.54, 1.807) is 0 Å². The predicted octanol–water partition coefficient (Wildman–Crippen LogP) is 0.618. The fraction of sp³-hybridized carbons (Fsp3) is 0.889. The van der Waals surface area contributed by atoms with Crippen LogP contribution >= 0.6 is 0 Å². The fourth-order valence-electron chi connectivity index (χ4n) is 1.48. The predicted molar refractivity (Wildman–Crippen MR) is 48.7 cm³/mol. The second-order valence-electron chi connectivity index (χ2n) is 3.64. The summed E-state index contributed by atoms with van der Waals surface area (Å²) in [5.74, 6) is -0.801. The first-order valence-corrected chi connectivity index (χ1v) is 4.69. The Hall–Kier alpha value is -0.610. The lowest BCUT2D eigenvalue weighted by Crippen LogP contribution is -2.55. The van der Waals surface area contributed by atoms with Crippen LogP contribution in [0.4, 0.5) is 0 Å². The number of carbonyl (C=O) groups is 1.